The third-order valence-corrected chi connectivity index (χ3v) is 4.20. The zero-order valence-corrected chi connectivity index (χ0v) is 13.8. The maximum Gasteiger partial charge on any atom is 0.151 e. The molecule has 0 spiro atoms. The normalized spacial score (nSPS) is 18.7. The fourth-order valence-corrected chi connectivity index (χ4v) is 2.95. The number of benzene rings is 1. The van der Waals surface area contributed by atoms with Crippen LogP contribution in [0.2, 0.25) is 0 Å². The fraction of sp³-hybridized carbons (Fsp3) is 0.471. The first kappa shape index (κ1) is 17.0. The SMILES string of the molecule is CN(Cc1cc(-c2ccccc2)no1)C1CCCNCC1.Cl. The summed E-state index contributed by atoms with van der Waals surface area (Å²) in [4.78, 5) is 2.39. The maximum absolute atomic E-state index is 5.50. The van der Waals surface area contributed by atoms with Crippen LogP contribution < -0.4 is 5.32 Å². The lowest BCUT2D eigenvalue weighted by Gasteiger charge is -2.25. The second-order valence-electron chi connectivity index (χ2n) is 5.79. The molecule has 0 bridgehead atoms. The van der Waals surface area contributed by atoms with Crippen LogP contribution in [0.4, 0.5) is 0 Å². The molecule has 22 heavy (non-hydrogen) atoms. The van der Waals surface area contributed by atoms with Gasteiger partial charge < -0.3 is 9.84 Å². The number of hydrogen-bond donors (Lipinski definition) is 1. The molecule has 0 saturated carbocycles. The molecule has 1 aliphatic rings. The van der Waals surface area contributed by atoms with Crippen molar-refractivity contribution in [3.8, 4) is 11.3 Å². The minimum Gasteiger partial charge on any atom is -0.359 e. The van der Waals surface area contributed by atoms with E-state index in [2.05, 4.69) is 40.6 Å². The lowest BCUT2D eigenvalue weighted by Crippen LogP contribution is -2.31. The van der Waals surface area contributed by atoms with Crippen LogP contribution in [0.15, 0.2) is 40.9 Å². The summed E-state index contributed by atoms with van der Waals surface area (Å²) in [7, 11) is 2.18. The Labute approximate surface area is 138 Å². The zero-order valence-electron chi connectivity index (χ0n) is 13.0. The molecule has 2 heterocycles. The largest absolute Gasteiger partial charge is 0.359 e. The average Bonchev–Trinajstić information content (AvgIpc) is 2.81. The number of nitrogens with zero attached hydrogens (tertiary/aromatic N) is 2. The van der Waals surface area contributed by atoms with E-state index in [0.717, 1.165) is 36.7 Å². The monoisotopic (exact) mass is 321 g/mol. The molecule has 3 rings (SSSR count). The number of rotatable bonds is 4. The number of hydrogen-bond acceptors (Lipinski definition) is 4. The summed E-state index contributed by atoms with van der Waals surface area (Å²) in [5, 5.41) is 7.65. The molecule has 1 N–H and O–H groups in total. The van der Waals surface area contributed by atoms with E-state index in [1.54, 1.807) is 0 Å². The maximum atomic E-state index is 5.50. The minimum absolute atomic E-state index is 0. The Balaban J connectivity index is 0.00000176. The van der Waals surface area contributed by atoms with Crippen molar-refractivity contribution in [1.82, 2.24) is 15.4 Å². The highest BCUT2D eigenvalue weighted by molar-refractivity contribution is 5.85. The van der Waals surface area contributed by atoms with Crippen LogP contribution in [-0.2, 0) is 6.54 Å². The highest BCUT2D eigenvalue weighted by Gasteiger charge is 2.18. The van der Waals surface area contributed by atoms with Gasteiger partial charge in [0.2, 0.25) is 0 Å². The van der Waals surface area contributed by atoms with Gasteiger partial charge in [0.15, 0.2) is 5.76 Å². The van der Waals surface area contributed by atoms with Gasteiger partial charge in [-0.3, -0.25) is 4.90 Å². The van der Waals surface area contributed by atoms with E-state index in [1.807, 2.05) is 18.2 Å². The van der Waals surface area contributed by atoms with Crippen molar-refractivity contribution in [3.63, 3.8) is 0 Å². The molecule has 0 amide bonds. The quantitative estimate of drug-likeness (QED) is 0.937. The molecule has 120 valence electrons. The van der Waals surface area contributed by atoms with Crippen LogP contribution in [-0.4, -0.2) is 36.2 Å². The highest BCUT2D eigenvalue weighted by atomic mass is 35.5. The molecule has 2 aromatic rings. The molecule has 1 fully saturated rings. The predicted octanol–water partition coefficient (Wildman–Crippen LogP) is 3.34. The van der Waals surface area contributed by atoms with Gasteiger partial charge in [0.25, 0.3) is 0 Å². The summed E-state index contributed by atoms with van der Waals surface area (Å²) < 4.78 is 5.50. The van der Waals surface area contributed by atoms with Crippen molar-refractivity contribution in [2.24, 2.45) is 0 Å². The zero-order chi connectivity index (χ0) is 14.5. The van der Waals surface area contributed by atoms with E-state index in [9.17, 15) is 0 Å². The van der Waals surface area contributed by atoms with E-state index in [-0.39, 0.29) is 12.4 Å². The Morgan fingerprint density at radius 2 is 2.05 bits per heavy atom. The molecule has 0 radical (unpaired) electrons. The van der Waals surface area contributed by atoms with Gasteiger partial charge in [0, 0.05) is 17.7 Å². The molecule has 1 atom stereocenters. The fourth-order valence-electron chi connectivity index (χ4n) is 2.95. The average molecular weight is 322 g/mol. The summed E-state index contributed by atoms with van der Waals surface area (Å²) in [6.45, 7) is 3.08. The molecule has 0 aliphatic carbocycles. The first-order chi connectivity index (χ1) is 10.3. The molecule has 1 aliphatic heterocycles. The summed E-state index contributed by atoms with van der Waals surface area (Å²) in [6, 6.07) is 12.9. The topological polar surface area (TPSA) is 41.3 Å². The van der Waals surface area contributed by atoms with Gasteiger partial charge in [-0.1, -0.05) is 35.5 Å². The van der Waals surface area contributed by atoms with Crippen LogP contribution >= 0.6 is 12.4 Å². The van der Waals surface area contributed by atoms with Crippen molar-refractivity contribution >= 4 is 12.4 Å². The van der Waals surface area contributed by atoms with Crippen molar-refractivity contribution in [2.75, 3.05) is 20.1 Å². The highest BCUT2D eigenvalue weighted by Crippen LogP contribution is 2.21. The smallest absolute Gasteiger partial charge is 0.151 e. The Bertz CT molecular complexity index is 550. The predicted molar refractivity (Wildman–Crippen MR) is 91.2 cm³/mol. The van der Waals surface area contributed by atoms with E-state index >= 15 is 0 Å². The minimum atomic E-state index is 0. The summed E-state index contributed by atoms with van der Waals surface area (Å²) in [5.41, 5.74) is 2.02. The Morgan fingerprint density at radius 1 is 1.23 bits per heavy atom. The second-order valence-corrected chi connectivity index (χ2v) is 5.79. The van der Waals surface area contributed by atoms with Crippen LogP contribution in [0.25, 0.3) is 11.3 Å². The van der Waals surface area contributed by atoms with Gasteiger partial charge in [0.1, 0.15) is 5.69 Å². The van der Waals surface area contributed by atoms with Crippen molar-refractivity contribution in [2.45, 2.75) is 31.8 Å². The van der Waals surface area contributed by atoms with Crippen LogP contribution in [0.5, 0.6) is 0 Å². The third-order valence-electron chi connectivity index (χ3n) is 4.20. The molecule has 1 aromatic heterocycles. The molecule has 1 aromatic carbocycles. The van der Waals surface area contributed by atoms with Crippen molar-refractivity contribution in [1.29, 1.82) is 0 Å². The number of nitrogens with one attached hydrogen (secondary N) is 1. The Kier molecular flexibility index (Phi) is 6.43. The Morgan fingerprint density at radius 3 is 2.86 bits per heavy atom. The van der Waals surface area contributed by atoms with Crippen molar-refractivity contribution in [3.05, 3.63) is 42.2 Å². The lowest BCUT2D eigenvalue weighted by atomic mass is 10.1. The van der Waals surface area contributed by atoms with Crippen LogP contribution in [0, 0.1) is 0 Å². The third kappa shape index (κ3) is 4.32. The van der Waals surface area contributed by atoms with E-state index < -0.39 is 0 Å². The molecule has 1 saturated heterocycles. The van der Waals surface area contributed by atoms with E-state index in [4.69, 9.17) is 4.52 Å². The van der Waals surface area contributed by atoms with Gasteiger partial charge in [-0.2, -0.15) is 0 Å². The summed E-state index contributed by atoms with van der Waals surface area (Å²) >= 11 is 0. The first-order valence-electron chi connectivity index (χ1n) is 7.75. The van der Waals surface area contributed by atoms with E-state index in [1.165, 1.54) is 19.3 Å². The lowest BCUT2D eigenvalue weighted by molar-refractivity contribution is 0.193. The van der Waals surface area contributed by atoms with Gasteiger partial charge in [0.05, 0.1) is 6.54 Å². The molecular formula is C17H24ClN3O. The summed E-state index contributed by atoms with van der Waals surface area (Å²) in [5.74, 6) is 0.938. The van der Waals surface area contributed by atoms with Gasteiger partial charge >= 0.3 is 0 Å². The van der Waals surface area contributed by atoms with Crippen LogP contribution in [0.1, 0.15) is 25.0 Å². The van der Waals surface area contributed by atoms with Gasteiger partial charge in [-0.25, -0.2) is 0 Å². The number of aromatic nitrogens is 1. The molecule has 4 nitrogen and oxygen atoms in total. The van der Waals surface area contributed by atoms with Gasteiger partial charge in [-0.15, -0.1) is 12.4 Å². The molecule has 1 unspecified atom stereocenters. The summed E-state index contributed by atoms with van der Waals surface area (Å²) in [6.07, 6.45) is 3.71. The Hall–Kier alpha value is -1.36. The van der Waals surface area contributed by atoms with Crippen LogP contribution in [0.3, 0.4) is 0 Å². The first-order valence-corrected chi connectivity index (χ1v) is 7.75. The second kappa shape index (κ2) is 8.32. The van der Waals surface area contributed by atoms with Crippen molar-refractivity contribution < 1.29 is 4.52 Å². The van der Waals surface area contributed by atoms with E-state index in [0.29, 0.717) is 6.04 Å². The number of halogens is 1. The molecule has 5 heteroatoms. The molecular weight excluding hydrogens is 298 g/mol. The standard InChI is InChI=1S/C17H23N3O.ClH/c1-20(15-8-5-10-18-11-9-15)13-16-12-17(19-21-16)14-6-3-2-4-7-14;/h2-4,6-7,12,15,18H,5,8-11,13H2,1H3;1H. The van der Waals surface area contributed by atoms with Gasteiger partial charge in [-0.05, 0) is 39.4 Å².